The van der Waals surface area contributed by atoms with E-state index < -0.39 is 6.10 Å². The maximum absolute atomic E-state index is 10.6. The van der Waals surface area contributed by atoms with E-state index in [-0.39, 0.29) is 6.61 Å². The summed E-state index contributed by atoms with van der Waals surface area (Å²) in [5.41, 5.74) is 2.65. The third kappa shape index (κ3) is 6.02. The normalized spacial score (nSPS) is 18.1. The molecular formula is C26H28Cl2N4O3S. The summed E-state index contributed by atoms with van der Waals surface area (Å²) in [6.07, 6.45) is -0.569. The second-order valence-electron chi connectivity index (χ2n) is 9.22. The van der Waals surface area contributed by atoms with E-state index in [0.29, 0.717) is 34.9 Å². The van der Waals surface area contributed by atoms with Crippen LogP contribution in [0.15, 0.2) is 47.0 Å². The smallest absolute Gasteiger partial charge is 0.167 e. The van der Waals surface area contributed by atoms with Crippen molar-refractivity contribution in [3.05, 3.63) is 63.2 Å². The molecule has 7 nitrogen and oxygen atoms in total. The number of aromatic nitrogens is 2. The number of ether oxygens (including phenoxy) is 1. The van der Waals surface area contributed by atoms with Crippen LogP contribution in [-0.2, 0) is 6.54 Å². The summed E-state index contributed by atoms with van der Waals surface area (Å²) >= 11 is 13.8. The van der Waals surface area contributed by atoms with Gasteiger partial charge in [0, 0.05) is 56.5 Å². The van der Waals surface area contributed by atoms with E-state index in [0.717, 1.165) is 51.9 Å². The molecule has 1 saturated heterocycles. The van der Waals surface area contributed by atoms with Gasteiger partial charge in [-0.15, -0.1) is 11.3 Å². The summed E-state index contributed by atoms with van der Waals surface area (Å²) < 4.78 is 12.5. The van der Waals surface area contributed by atoms with Crippen molar-refractivity contribution in [2.24, 2.45) is 0 Å². The average Bonchev–Trinajstić information content (AvgIpc) is 3.46. The molecule has 0 saturated carbocycles. The van der Waals surface area contributed by atoms with Crippen LogP contribution in [0.4, 0.5) is 0 Å². The van der Waals surface area contributed by atoms with E-state index in [1.807, 2.05) is 37.3 Å². The van der Waals surface area contributed by atoms with Crippen LogP contribution in [0.1, 0.15) is 17.6 Å². The molecule has 190 valence electrons. The van der Waals surface area contributed by atoms with Crippen molar-refractivity contribution >= 4 is 44.8 Å². The van der Waals surface area contributed by atoms with Gasteiger partial charge in [0.15, 0.2) is 5.76 Å². The summed E-state index contributed by atoms with van der Waals surface area (Å²) in [7, 11) is 0. The summed E-state index contributed by atoms with van der Waals surface area (Å²) in [6, 6.07) is 13.5. The highest BCUT2D eigenvalue weighted by atomic mass is 35.5. The van der Waals surface area contributed by atoms with E-state index in [1.165, 1.54) is 0 Å². The molecule has 5 rings (SSSR count). The third-order valence-corrected chi connectivity index (χ3v) is 8.05. The first-order chi connectivity index (χ1) is 17.3. The molecule has 1 N–H and O–H groups in total. The number of piperazine rings is 1. The highest BCUT2D eigenvalue weighted by molar-refractivity contribution is 7.18. The van der Waals surface area contributed by atoms with Gasteiger partial charge in [-0.2, -0.15) is 0 Å². The topological polar surface area (TPSA) is 74.9 Å². The average molecular weight is 548 g/mol. The summed E-state index contributed by atoms with van der Waals surface area (Å²) in [4.78, 5) is 9.17. The molecule has 0 amide bonds. The first-order valence-corrected chi connectivity index (χ1v) is 13.5. The minimum Gasteiger partial charge on any atom is -0.491 e. The molecule has 0 spiro atoms. The number of nitrogens with zero attached hydrogens (tertiary/aromatic N) is 4. The van der Waals surface area contributed by atoms with Crippen molar-refractivity contribution < 1.29 is 14.4 Å². The number of aryl methyl sites for hydroxylation is 1. The summed E-state index contributed by atoms with van der Waals surface area (Å²) in [5, 5.41) is 16.9. The van der Waals surface area contributed by atoms with Gasteiger partial charge >= 0.3 is 0 Å². The number of aliphatic hydroxyl groups excluding tert-OH is 1. The standard InChI is InChI=1S/C26H28Cl2N4O3S/c1-16-12-31(14-20(33)15-34-21-4-6-26-24(11-21)29-17(2)36-26)7-8-32(16)13-19-10-25(35-30-19)18-3-5-22(27)23(28)9-18/h3-6,9-11,16,20,33H,7-8,12-15H2,1-2H3/t16-,20+/m0/s1. The molecule has 2 aromatic carbocycles. The molecule has 0 unspecified atom stereocenters. The van der Waals surface area contributed by atoms with Gasteiger partial charge in [-0.25, -0.2) is 4.98 Å². The summed E-state index contributed by atoms with van der Waals surface area (Å²) in [5.74, 6) is 1.40. The van der Waals surface area contributed by atoms with Crippen molar-refractivity contribution in [1.82, 2.24) is 19.9 Å². The van der Waals surface area contributed by atoms with Crippen molar-refractivity contribution in [2.45, 2.75) is 32.5 Å². The molecule has 2 aromatic heterocycles. The monoisotopic (exact) mass is 546 g/mol. The van der Waals surface area contributed by atoms with E-state index in [9.17, 15) is 5.11 Å². The molecule has 2 atom stereocenters. The predicted molar refractivity (Wildman–Crippen MR) is 144 cm³/mol. The molecule has 1 fully saturated rings. The SMILES string of the molecule is Cc1nc2cc(OC[C@H](O)CN3CCN(Cc4cc(-c5ccc(Cl)c(Cl)c5)on4)[C@@H](C)C3)ccc2s1. The number of benzene rings is 2. The van der Waals surface area contributed by atoms with Gasteiger partial charge in [-0.1, -0.05) is 28.4 Å². The number of hydrogen-bond acceptors (Lipinski definition) is 8. The van der Waals surface area contributed by atoms with Gasteiger partial charge in [0.1, 0.15) is 18.5 Å². The Morgan fingerprint density at radius 3 is 2.83 bits per heavy atom. The van der Waals surface area contributed by atoms with Crippen LogP contribution < -0.4 is 4.74 Å². The van der Waals surface area contributed by atoms with Crippen molar-refractivity contribution in [2.75, 3.05) is 32.8 Å². The molecule has 3 heterocycles. The zero-order chi connectivity index (χ0) is 25.2. The first-order valence-electron chi connectivity index (χ1n) is 11.9. The Labute approximate surface area is 224 Å². The highest BCUT2D eigenvalue weighted by Gasteiger charge is 2.26. The van der Waals surface area contributed by atoms with Crippen LogP contribution in [0.25, 0.3) is 21.5 Å². The van der Waals surface area contributed by atoms with Crippen LogP contribution in [0.5, 0.6) is 5.75 Å². The zero-order valence-electron chi connectivity index (χ0n) is 20.2. The fourth-order valence-corrected chi connectivity index (χ4v) is 5.61. The fraction of sp³-hybridized carbons (Fsp3) is 0.385. The number of thiazole rings is 1. The van der Waals surface area contributed by atoms with Gasteiger partial charge in [-0.05, 0) is 44.2 Å². The highest BCUT2D eigenvalue weighted by Crippen LogP contribution is 2.29. The fourth-order valence-electron chi connectivity index (χ4n) is 4.51. The molecule has 0 bridgehead atoms. The number of aliphatic hydroxyl groups is 1. The molecule has 1 aliphatic rings. The van der Waals surface area contributed by atoms with E-state index in [1.54, 1.807) is 23.5 Å². The third-order valence-electron chi connectivity index (χ3n) is 6.35. The number of rotatable bonds is 8. The van der Waals surface area contributed by atoms with Gasteiger partial charge in [0.05, 0.1) is 31.0 Å². The molecule has 10 heteroatoms. The Balaban J connectivity index is 1.10. The summed E-state index contributed by atoms with van der Waals surface area (Å²) in [6.45, 7) is 8.31. The van der Waals surface area contributed by atoms with Crippen LogP contribution in [-0.4, -0.2) is 70.0 Å². The lowest BCUT2D eigenvalue weighted by Crippen LogP contribution is -2.53. The Morgan fingerprint density at radius 1 is 1.17 bits per heavy atom. The van der Waals surface area contributed by atoms with E-state index in [2.05, 4.69) is 26.9 Å². The lowest BCUT2D eigenvalue weighted by molar-refractivity contribution is 0.0250. The number of halogens is 2. The largest absolute Gasteiger partial charge is 0.491 e. The van der Waals surface area contributed by atoms with Gasteiger partial charge in [0.2, 0.25) is 0 Å². The lowest BCUT2D eigenvalue weighted by atomic mass is 10.1. The molecule has 0 radical (unpaired) electrons. The Morgan fingerprint density at radius 2 is 2.03 bits per heavy atom. The molecule has 36 heavy (non-hydrogen) atoms. The van der Waals surface area contributed by atoms with Crippen molar-refractivity contribution in [1.29, 1.82) is 0 Å². The Bertz CT molecular complexity index is 1340. The molecular weight excluding hydrogens is 519 g/mol. The Kier molecular flexibility index (Phi) is 7.81. The van der Waals surface area contributed by atoms with Gasteiger partial charge in [-0.3, -0.25) is 9.80 Å². The zero-order valence-corrected chi connectivity index (χ0v) is 22.5. The van der Waals surface area contributed by atoms with Crippen LogP contribution in [0.2, 0.25) is 10.0 Å². The maximum Gasteiger partial charge on any atom is 0.167 e. The van der Waals surface area contributed by atoms with Crippen LogP contribution in [0.3, 0.4) is 0 Å². The predicted octanol–water partition coefficient (Wildman–Crippen LogP) is 5.51. The second-order valence-corrected chi connectivity index (χ2v) is 11.3. The molecule has 0 aliphatic carbocycles. The van der Waals surface area contributed by atoms with Crippen LogP contribution in [0, 0.1) is 6.92 Å². The van der Waals surface area contributed by atoms with Crippen molar-refractivity contribution in [3.63, 3.8) is 0 Å². The minimum atomic E-state index is -0.569. The second kappa shape index (κ2) is 11.0. The number of hydrogen-bond donors (Lipinski definition) is 1. The van der Waals surface area contributed by atoms with Crippen molar-refractivity contribution in [3.8, 4) is 17.1 Å². The molecule has 4 aromatic rings. The number of β-amino-alcohol motifs (C(OH)–C–C–N with tert-alkyl or cyclic N) is 1. The van der Waals surface area contributed by atoms with Crippen LogP contribution >= 0.6 is 34.5 Å². The van der Waals surface area contributed by atoms with Gasteiger partial charge < -0.3 is 14.4 Å². The first kappa shape index (κ1) is 25.4. The minimum absolute atomic E-state index is 0.250. The number of fused-ring (bicyclic) bond motifs is 1. The maximum atomic E-state index is 10.6. The van der Waals surface area contributed by atoms with E-state index in [4.69, 9.17) is 32.5 Å². The molecule has 1 aliphatic heterocycles. The van der Waals surface area contributed by atoms with E-state index >= 15 is 0 Å². The lowest BCUT2D eigenvalue weighted by Gasteiger charge is -2.40. The Hall–Kier alpha value is -2.20. The van der Waals surface area contributed by atoms with Gasteiger partial charge in [0.25, 0.3) is 0 Å². The quantitative estimate of drug-likeness (QED) is 0.312.